The van der Waals surface area contributed by atoms with Crippen LogP contribution in [0, 0.1) is 5.41 Å². The van der Waals surface area contributed by atoms with E-state index in [-0.39, 0.29) is 11.5 Å². The molecular formula is C28H30N4O3. The first-order valence-electron chi connectivity index (χ1n) is 11.8. The number of aromatic nitrogens is 3. The Kier molecular flexibility index (Phi) is 5.50. The molecule has 1 amide bonds. The van der Waals surface area contributed by atoms with Crippen LogP contribution < -0.4 is 4.74 Å². The lowest BCUT2D eigenvalue weighted by atomic mass is 9.79. The number of hydrogen-bond donors (Lipinski definition) is 1. The van der Waals surface area contributed by atoms with E-state index in [1.165, 1.54) is 5.57 Å². The van der Waals surface area contributed by atoms with Gasteiger partial charge < -0.3 is 14.7 Å². The molecule has 0 bridgehead atoms. The lowest BCUT2D eigenvalue weighted by Gasteiger charge is -2.41. The van der Waals surface area contributed by atoms with Gasteiger partial charge >= 0.3 is 6.09 Å². The number of carboxylic acid groups (broad SMARTS) is 1. The molecular weight excluding hydrogens is 440 g/mol. The maximum Gasteiger partial charge on any atom is 0.407 e. The van der Waals surface area contributed by atoms with Gasteiger partial charge in [0.2, 0.25) is 0 Å². The zero-order valence-corrected chi connectivity index (χ0v) is 20.7. The zero-order valence-electron chi connectivity index (χ0n) is 20.7. The zero-order chi connectivity index (χ0) is 24.9. The number of carbonyl (C=O) groups is 1. The van der Waals surface area contributed by atoms with Crippen LogP contribution in [0.5, 0.6) is 5.75 Å². The minimum Gasteiger partial charge on any atom is -0.496 e. The van der Waals surface area contributed by atoms with Gasteiger partial charge in [0.15, 0.2) is 0 Å². The van der Waals surface area contributed by atoms with Crippen molar-refractivity contribution in [3.8, 4) is 17.0 Å². The Morgan fingerprint density at radius 3 is 2.60 bits per heavy atom. The van der Waals surface area contributed by atoms with Gasteiger partial charge in [-0.15, -0.1) is 0 Å². The van der Waals surface area contributed by atoms with Crippen molar-refractivity contribution in [2.24, 2.45) is 12.5 Å². The number of ether oxygens (including phenoxy) is 1. The van der Waals surface area contributed by atoms with Gasteiger partial charge in [0, 0.05) is 48.2 Å². The number of methoxy groups -OCH3 is 1. The number of aryl methyl sites for hydroxylation is 1. The highest BCUT2D eigenvalue weighted by Crippen LogP contribution is 2.37. The summed E-state index contributed by atoms with van der Waals surface area (Å²) >= 11 is 0. The van der Waals surface area contributed by atoms with Crippen molar-refractivity contribution in [1.29, 1.82) is 0 Å². The van der Waals surface area contributed by atoms with Crippen LogP contribution in [-0.4, -0.2) is 50.6 Å². The molecule has 1 atom stereocenters. The molecule has 1 unspecified atom stereocenters. The lowest BCUT2D eigenvalue weighted by Crippen LogP contribution is -2.48. The standard InChI is InChI=1S/C28H30N4O3/c1-28(2,3)26-14-18(10-11-32(26)27(33)34)17-6-8-22-19(12-17)7-9-23(29-22)21-13-20-16-31(4)30-24(20)15-25(21)35-5/h6-10,12-13,15-16,26H,11,14H2,1-5H3,(H,33,34). The summed E-state index contributed by atoms with van der Waals surface area (Å²) in [5.74, 6) is 0.739. The highest BCUT2D eigenvalue weighted by Gasteiger charge is 2.36. The highest BCUT2D eigenvalue weighted by molar-refractivity contribution is 5.90. The Labute approximate surface area is 204 Å². The van der Waals surface area contributed by atoms with E-state index in [9.17, 15) is 9.90 Å². The fraction of sp³-hybridized carbons (Fsp3) is 0.321. The highest BCUT2D eigenvalue weighted by atomic mass is 16.5. The molecule has 4 aromatic rings. The van der Waals surface area contributed by atoms with Crippen LogP contribution in [0.15, 0.2) is 54.7 Å². The molecule has 7 heteroatoms. The van der Waals surface area contributed by atoms with Gasteiger partial charge in [-0.2, -0.15) is 5.10 Å². The predicted molar refractivity (Wildman–Crippen MR) is 139 cm³/mol. The van der Waals surface area contributed by atoms with E-state index in [2.05, 4.69) is 50.1 Å². The van der Waals surface area contributed by atoms with Crippen LogP contribution in [0.2, 0.25) is 0 Å². The fourth-order valence-electron chi connectivity index (χ4n) is 4.98. The van der Waals surface area contributed by atoms with Gasteiger partial charge in [0.1, 0.15) is 5.75 Å². The average Bonchev–Trinajstić information content (AvgIpc) is 3.20. The van der Waals surface area contributed by atoms with Gasteiger partial charge in [-0.1, -0.05) is 39.0 Å². The van der Waals surface area contributed by atoms with E-state index < -0.39 is 6.09 Å². The molecule has 0 spiro atoms. The van der Waals surface area contributed by atoms with Gasteiger partial charge in [0.05, 0.1) is 23.8 Å². The third-order valence-corrected chi connectivity index (χ3v) is 6.85. The second kappa shape index (κ2) is 8.41. The monoisotopic (exact) mass is 470 g/mol. The van der Waals surface area contributed by atoms with Crippen molar-refractivity contribution < 1.29 is 14.6 Å². The number of pyridine rings is 1. The summed E-state index contributed by atoms with van der Waals surface area (Å²) in [6.07, 6.45) is 3.85. The topological polar surface area (TPSA) is 80.5 Å². The fourth-order valence-corrected chi connectivity index (χ4v) is 4.98. The second-order valence-electron chi connectivity index (χ2n) is 10.3. The SMILES string of the molecule is COc1cc2nn(C)cc2cc1-c1ccc2cc(C3=CCN(C(=O)O)C(C(C)(C)C)C3)ccc2n1. The van der Waals surface area contributed by atoms with Crippen LogP contribution in [0.25, 0.3) is 38.6 Å². The maximum atomic E-state index is 11.8. The summed E-state index contributed by atoms with van der Waals surface area (Å²) in [4.78, 5) is 18.2. The number of fused-ring (bicyclic) bond motifs is 2. The Bertz CT molecular complexity index is 1480. The van der Waals surface area contributed by atoms with Crippen molar-refractivity contribution in [1.82, 2.24) is 19.7 Å². The summed E-state index contributed by atoms with van der Waals surface area (Å²) in [5.41, 5.74) is 5.69. The molecule has 3 heterocycles. The van der Waals surface area contributed by atoms with Gasteiger partial charge in [-0.3, -0.25) is 4.68 Å². The largest absolute Gasteiger partial charge is 0.496 e. The first-order valence-corrected chi connectivity index (χ1v) is 11.8. The molecule has 2 aromatic heterocycles. The minimum absolute atomic E-state index is 0.0777. The number of nitrogens with zero attached hydrogens (tertiary/aromatic N) is 4. The Morgan fingerprint density at radius 2 is 1.89 bits per heavy atom. The third kappa shape index (κ3) is 4.22. The van der Waals surface area contributed by atoms with Crippen LogP contribution >= 0.6 is 0 Å². The Morgan fingerprint density at radius 1 is 1.09 bits per heavy atom. The van der Waals surface area contributed by atoms with Gasteiger partial charge in [-0.25, -0.2) is 9.78 Å². The molecule has 0 fully saturated rings. The Hall–Kier alpha value is -3.87. The van der Waals surface area contributed by atoms with Crippen LogP contribution in [-0.2, 0) is 7.05 Å². The first-order chi connectivity index (χ1) is 16.6. The van der Waals surface area contributed by atoms with Crippen molar-refractivity contribution in [2.75, 3.05) is 13.7 Å². The summed E-state index contributed by atoms with van der Waals surface area (Å²) in [7, 11) is 3.57. The molecule has 1 aliphatic heterocycles. The van der Waals surface area contributed by atoms with Crippen LogP contribution in [0.4, 0.5) is 4.79 Å². The normalized spacial score (nSPS) is 16.5. The molecule has 180 valence electrons. The molecule has 0 saturated heterocycles. The summed E-state index contributed by atoms with van der Waals surface area (Å²) in [6.45, 7) is 6.69. The second-order valence-corrected chi connectivity index (χ2v) is 10.3. The molecule has 1 N–H and O–H groups in total. The molecule has 0 saturated carbocycles. The van der Waals surface area contributed by atoms with E-state index in [4.69, 9.17) is 9.72 Å². The van der Waals surface area contributed by atoms with Gasteiger partial charge in [0.25, 0.3) is 0 Å². The summed E-state index contributed by atoms with van der Waals surface area (Å²) in [6, 6.07) is 14.3. The molecule has 0 radical (unpaired) electrons. The van der Waals surface area contributed by atoms with Crippen molar-refractivity contribution in [2.45, 2.75) is 33.2 Å². The first kappa shape index (κ1) is 22.9. The third-order valence-electron chi connectivity index (χ3n) is 6.85. The van der Waals surface area contributed by atoms with E-state index >= 15 is 0 Å². The van der Waals surface area contributed by atoms with Crippen molar-refractivity contribution in [3.05, 3.63) is 60.3 Å². The summed E-state index contributed by atoms with van der Waals surface area (Å²) < 4.78 is 7.44. The number of amides is 1. The molecule has 5 rings (SSSR count). The predicted octanol–water partition coefficient (Wildman–Crippen LogP) is 5.98. The number of rotatable bonds is 3. The number of hydrogen-bond acceptors (Lipinski definition) is 4. The molecule has 1 aliphatic rings. The molecule has 0 aliphatic carbocycles. The molecule has 7 nitrogen and oxygen atoms in total. The Balaban J connectivity index is 1.51. The van der Waals surface area contributed by atoms with Crippen molar-refractivity contribution in [3.63, 3.8) is 0 Å². The average molecular weight is 471 g/mol. The lowest BCUT2D eigenvalue weighted by molar-refractivity contribution is 0.0884. The molecule has 2 aromatic carbocycles. The molecule has 35 heavy (non-hydrogen) atoms. The smallest absolute Gasteiger partial charge is 0.407 e. The quantitative estimate of drug-likeness (QED) is 0.398. The summed E-state index contributed by atoms with van der Waals surface area (Å²) in [5, 5.41) is 16.2. The van der Waals surface area contributed by atoms with E-state index in [0.717, 1.165) is 44.4 Å². The van der Waals surface area contributed by atoms with E-state index in [1.54, 1.807) is 16.7 Å². The number of benzene rings is 2. The van der Waals surface area contributed by atoms with Gasteiger partial charge in [-0.05, 0) is 47.2 Å². The van der Waals surface area contributed by atoms with E-state index in [1.807, 2.05) is 37.5 Å². The maximum absolute atomic E-state index is 11.8. The van der Waals surface area contributed by atoms with Crippen molar-refractivity contribution >= 4 is 33.5 Å². The minimum atomic E-state index is -0.865. The van der Waals surface area contributed by atoms with Crippen LogP contribution in [0.3, 0.4) is 0 Å². The van der Waals surface area contributed by atoms with Crippen LogP contribution in [0.1, 0.15) is 32.8 Å². The van der Waals surface area contributed by atoms with E-state index in [0.29, 0.717) is 13.0 Å².